The lowest BCUT2D eigenvalue weighted by molar-refractivity contribution is 0.389. The molecule has 0 aliphatic carbocycles. The predicted molar refractivity (Wildman–Crippen MR) is 131 cm³/mol. The molecule has 9 nitrogen and oxygen atoms in total. The number of hydrogen-bond acceptors (Lipinski definition) is 8. The van der Waals surface area contributed by atoms with Crippen LogP contribution in [-0.4, -0.2) is 43.7 Å². The smallest absolute Gasteiger partial charge is 0.211 e. The summed E-state index contributed by atoms with van der Waals surface area (Å²) in [6.07, 6.45) is 5.63. The van der Waals surface area contributed by atoms with Gasteiger partial charge in [-0.05, 0) is 43.2 Å². The molecular formula is C22H22Cl2N8O. The van der Waals surface area contributed by atoms with Gasteiger partial charge in [-0.2, -0.15) is 0 Å². The van der Waals surface area contributed by atoms with Gasteiger partial charge in [-0.15, -0.1) is 0 Å². The second-order valence-electron chi connectivity index (χ2n) is 7.89. The lowest BCUT2D eigenvalue weighted by Crippen LogP contribution is -2.43. The van der Waals surface area contributed by atoms with E-state index in [2.05, 4.69) is 20.2 Å². The van der Waals surface area contributed by atoms with E-state index in [1.807, 2.05) is 28.2 Å². The number of anilines is 4. The Morgan fingerprint density at radius 1 is 1.12 bits per heavy atom. The summed E-state index contributed by atoms with van der Waals surface area (Å²) in [5.74, 6) is 1.68. The number of nitrogens with one attached hydrogen (secondary N) is 2. The maximum atomic E-state index is 9.07. The lowest BCUT2D eigenvalue weighted by Gasteiger charge is -2.34. The molecule has 5 N–H and O–H groups in total. The van der Waals surface area contributed by atoms with Crippen molar-refractivity contribution < 1.29 is 5.21 Å². The molecule has 0 spiro atoms. The zero-order valence-corrected chi connectivity index (χ0v) is 19.1. The van der Waals surface area contributed by atoms with Gasteiger partial charge in [0.2, 0.25) is 5.95 Å². The van der Waals surface area contributed by atoms with E-state index in [1.165, 1.54) is 0 Å². The number of nitrogens with zero attached hydrogens (tertiary/aromatic N) is 5. The number of piperidine rings is 1. The van der Waals surface area contributed by atoms with Crippen molar-refractivity contribution in [1.82, 2.24) is 19.4 Å². The minimum atomic E-state index is 0.140. The summed E-state index contributed by atoms with van der Waals surface area (Å²) in [6, 6.07) is 10.9. The van der Waals surface area contributed by atoms with Gasteiger partial charge >= 0.3 is 0 Å². The molecule has 5 rings (SSSR count). The average molecular weight is 485 g/mol. The summed E-state index contributed by atoms with van der Waals surface area (Å²) in [4.78, 5) is 16.0. The second kappa shape index (κ2) is 8.93. The van der Waals surface area contributed by atoms with Crippen LogP contribution < -0.4 is 21.4 Å². The molecule has 0 amide bonds. The molecule has 0 bridgehead atoms. The SMILES string of the molecule is Nc1nc(NC2CCCN(c3nc(-c4ccc(Cl)cc4Cl)cc4nccn34)C2)ccc1NO. The van der Waals surface area contributed by atoms with Gasteiger partial charge < -0.3 is 16.0 Å². The van der Waals surface area contributed by atoms with Crippen molar-refractivity contribution in [2.24, 2.45) is 0 Å². The minimum Gasteiger partial charge on any atom is -0.382 e. The molecule has 0 saturated carbocycles. The number of imidazole rings is 1. The number of aromatic nitrogens is 4. The Kier molecular flexibility index (Phi) is 5.84. The molecule has 1 aliphatic rings. The molecular weight excluding hydrogens is 463 g/mol. The maximum Gasteiger partial charge on any atom is 0.211 e. The fourth-order valence-electron chi connectivity index (χ4n) is 4.10. The van der Waals surface area contributed by atoms with E-state index >= 15 is 0 Å². The van der Waals surface area contributed by atoms with Gasteiger partial charge in [0.05, 0.1) is 10.7 Å². The Bertz CT molecular complexity index is 1310. The van der Waals surface area contributed by atoms with Gasteiger partial charge in [0.1, 0.15) is 17.2 Å². The van der Waals surface area contributed by atoms with Gasteiger partial charge in [0, 0.05) is 48.2 Å². The van der Waals surface area contributed by atoms with Gasteiger partial charge in [-0.1, -0.05) is 23.2 Å². The van der Waals surface area contributed by atoms with Crippen LogP contribution in [0.25, 0.3) is 16.9 Å². The molecule has 3 aromatic heterocycles. The van der Waals surface area contributed by atoms with E-state index in [4.69, 9.17) is 39.1 Å². The van der Waals surface area contributed by atoms with Crippen molar-refractivity contribution in [1.29, 1.82) is 0 Å². The summed E-state index contributed by atoms with van der Waals surface area (Å²) in [5.41, 5.74) is 10.6. The number of nitrogen functional groups attached to an aromatic ring is 1. The molecule has 0 radical (unpaired) electrons. The van der Waals surface area contributed by atoms with E-state index in [9.17, 15) is 0 Å². The van der Waals surface area contributed by atoms with Crippen LogP contribution in [0.5, 0.6) is 0 Å². The summed E-state index contributed by atoms with van der Waals surface area (Å²) < 4.78 is 1.98. The number of fused-ring (bicyclic) bond motifs is 1. The van der Waals surface area contributed by atoms with E-state index in [-0.39, 0.29) is 11.9 Å². The first-order valence-electron chi connectivity index (χ1n) is 10.5. The molecule has 11 heteroatoms. The number of benzene rings is 1. The number of hydrogen-bond donors (Lipinski definition) is 4. The number of rotatable bonds is 5. The fraction of sp³-hybridized carbons (Fsp3) is 0.227. The van der Waals surface area contributed by atoms with Crippen LogP contribution >= 0.6 is 23.2 Å². The van der Waals surface area contributed by atoms with Gasteiger partial charge in [-0.25, -0.2) is 15.0 Å². The van der Waals surface area contributed by atoms with Crippen molar-refractivity contribution in [3.05, 3.63) is 58.8 Å². The Morgan fingerprint density at radius 2 is 2.00 bits per heavy atom. The standard InChI is InChI=1S/C22H22Cl2N8O/c23-13-3-4-15(16(24)10-13)18-11-20-26-7-9-32(20)22(28-18)31-8-1-2-14(12-31)27-19-6-5-17(30-33)21(25)29-19/h3-7,9-11,14,30,33H,1-2,8,12H2,(H3,25,27,29). The van der Waals surface area contributed by atoms with Crippen molar-refractivity contribution in [3.63, 3.8) is 0 Å². The van der Waals surface area contributed by atoms with Crippen molar-refractivity contribution in [2.75, 3.05) is 34.5 Å². The van der Waals surface area contributed by atoms with Crippen LogP contribution in [0, 0.1) is 0 Å². The molecule has 4 aromatic rings. The summed E-state index contributed by atoms with van der Waals surface area (Å²) in [7, 11) is 0. The third-order valence-electron chi connectivity index (χ3n) is 5.68. The van der Waals surface area contributed by atoms with Crippen LogP contribution in [-0.2, 0) is 0 Å². The van der Waals surface area contributed by atoms with E-state index in [0.717, 1.165) is 48.8 Å². The molecule has 1 unspecified atom stereocenters. The number of halogens is 2. The summed E-state index contributed by atoms with van der Waals surface area (Å²) >= 11 is 12.5. The first-order valence-corrected chi connectivity index (χ1v) is 11.2. The quantitative estimate of drug-likeness (QED) is 0.304. The highest BCUT2D eigenvalue weighted by molar-refractivity contribution is 6.36. The maximum absolute atomic E-state index is 9.07. The Labute approximate surface area is 200 Å². The highest BCUT2D eigenvalue weighted by Gasteiger charge is 2.24. The van der Waals surface area contributed by atoms with Gasteiger partial charge in [-0.3, -0.25) is 15.1 Å². The van der Waals surface area contributed by atoms with Crippen molar-refractivity contribution >= 4 is 52.1 Å². The topological polar surface area (TPSA) is 117 Å². The third kappa shape index (κ3) is 4.35. The Morgan fingerprint density at radius 3 is 2.79 bits per heavy atom. The number of nitrogens with two attached hydrogens (primary N) is 1. The first kappa shape index (κ1) is 21.6. The van der Waals surface area contributed by atoms with Gasteiger partial charge in [0.15, 0.2) is 5.82 Å². The monoisotopic (exact) mass is 484 g/mol. The molecule has 33 heavy (non-hydrogen) atoms. The van der Waals surface area contributed by atoms with Crippen LogP contribution in [0.15, 0.2) is 48.8 Å². The molecule has 1 aromatic carbocycles. The normalized spacial score (nSPS) is 16.2. The molecule has 1 fully saturated rings. The number of pyridine rings is 1. The van der Waals surface area contributed by atoms with Crippen molar-refractivity contribution in [2.45, 2.75) is 18.9 Å². The molecule has 1 aliphatic heterocycles. The van der Waals surface area contributed by atoms with Crippen LogP contribution in [0.2, 0.25) is 10.0 Å². The van der Waals surface area contributed by atoms with E-state index in [1.54, 1.807) is 30.5 Å². The molecule has 4 heterocycles. The second-order valence-corrected chi connectivity index (χ2v) is 8.74. The Hall–Kier alpha value is -3.27. The average Bonchev–Trinajstić information content (AvgIpc) is 3.27. The first-order chi connectivity index (χ1) is 16.0. The Balaban J connectivity index is 1.44. The van der Waals surface area contributed by atoms with E-state index < -0.39 is 0 Å². The molecule has 170 valence electrons. The zero-order chi connectivity index (χ0) is 22.9. The molecule has 1 saturated heterocycles. The minimum absolute atomic E-state index is 0.140. The van der Waals surface area contributed by atoms with Crippen molar-refractivity contribution in [3.8, 4) is 11.3 Å². The highest BCUT2D eigenvalue weighted by Crippen LogP contribution is 2.32. The van der Waals surface area contributed by atoms with Crippen LogP contribution in [0.3, 0.4) is 0 Å². The zero-order valence-electron chi connectivity index (χ0n) is 17.5. The molecule has 1 atom stereocenters. The predicted octanol–water partition coefficient (Wildman–Crippen LogP) is 4.56. The fourth-order valence-corrected chi connectivity index (χ4v) is 4.61. The van der Waals surface area contributed by atoms with Crippen LogP contribution in [0.4, 0.5) is 23.3 Å². The highest BCUT2D eigenvalue weighted by atomic mass is 35.5. The summed E-state index contributed by atoms with van der Waals surface area (Å²) in [5, 5.41) is 13.6. The summed E-state index contributed by atoms with van der Waals surface area (Å²) in [6.45, 7) is 1.58. The largest absolute Gasteiger partial charge is 0.382 e. The lowest BCUT2D eigenvalue weighted by atomic mass is 10.1. The van der Waals surface area contributed by atoms with E-state index in [0.29, 0.717) is 21.6 Å². The van der Waals surface area contributed by atoms with Crippen LogP contribution in [0.1, 0.15) is 12.8 Å². The van der Waals surface area contributed by atoms with Gasteiger partial charge in [0.25, 0.3) is 0 Å². The third-order valence-corrected chi connectivity index (χ3v) is 6.23.